The van der Waals surface area contributed by atoms with E-state index in [1.54, 1.807) is 18.2 Å². The van der Waals surface area contributed by atoms with Gasteiger partial charge in [0.15, 0.2) is 0 Å². The molecule has 0 aliphatic rings. The smallest absolute Gasteiger partial charge is 0.339 e. The van der Waals surface area contributed by atoms with Crippen molar-refractivity contribution in [3.05, 3.63) is 29.3 Å². The minimum absolute atomic E-state index is 0.231. The maximum atomic E-state index is 11.0. The Labute approximate surface area is 96.1 Å². The van der Waals surface area contributed by atoms with Crippen molar-refractivity contribution in [2.75, 3.05) is 6.61 Å². The molecular weight excluding hydrogens is 204 g/mol. The summed E-state index contributed by atoms with van der Waals surface area (Å²) in [5.74, 6) is 0.0748. The molecule has 0 aliphatic carbocycles. The van der Waals surface area contributed by atoms with E-state index in [1.807, 2.05) is 6.92 Å². The van der Waals surface area contributed by atoms with Gasteiger partial charge in [0.2, 0.25) is 0 Å². The Hall–Kier alpha value is -1.51. The van der Waals surface area contributed by atoms with Crippen LogP contribution >= 0.6 is 0 Å². The Morgan fingerprint density at radius 1 is 1.44 bits per heavy atom. The molecule has 1 rings (SSSR count). The van der Waals surface area contributed by atoms with Crippen LogP contribution in [0.1, 0.15) is 36.2 Å². The number of ether oxygens (including phenoxy) is 1. The predicted molar refractivity (Wildman–Crippen MR) is 63.1 cm³/mol. The van der Waals surface area contributed by atoms with Gasteiger partial charge in [-0.15, -0.1) is 0 Å². The Kier molecular flexibility index (Phi) is 4.35. The molecule has 0 aromatic heterocycles. The molecule has 0 saturated heterocycles. The van der Waals surface area contributed by atoms with Crippen LogP contribution in [0.5, 0.6) is 5.75 Å². The third-order valence-electron chi connectivity index (χ3n) is 2.32. The van der Waals surface area contributed by atoms with Crippen LogP contribution in [-0.4, -0.2) is 17.7 Å². The summed E-state index contributed by atoms with van der Waals surface area (Å²) in [7, 11) is 0. The molecular formula is C13H18O3. The van der Waals surface area contributed by atoms with Gasteiger partial charge < -0.3 is 9.84 Å². The predicted octanol–water partition coefficient (Wildman–Crippen LogP) is 3.12. The van der Waals surface area contributed by atoms with Gasteiger partial charge in [-0.2, -0.15) is 0 Å². The Morgan fingerprint density at radius 3 is 2.69 bits per heavy atom. The maximum absolute atomic E-state index is 11.0. The van der Waals surface area contributed by atoms with E-state index in [0.717, 1.165) is 12.0 Å². The summed E-state index contributed by atoms with van der Waals surface area (Å²) in [6.45, 7) is 6.69. The molecule has 1 aromatic rings. The molecule has 3 heteroatoms. The van der Waals surface area contributed by atoms with Crippen molar-refractivity contribution in [1.82, 2.24) is 0 Å². The second kappa shape index (κ2) is 5.54. The lowest BCUT2D eigenvalue weighted by Gasteiger charge is -2.11. The van der Waals surface area contributed by atoms with Crippen molar-refractivity contribution in [2.24, 2.45) is 5.92 Å². The normalized spacial score (nSPS) is 10.5. The molecule has 0 spiro atoms. The zero-order chi connectivity index (χ0) is 12.1. The maximum Gasteiger partial charge on any atom is 0.339 e. The molecule has 0 fully saturated rings. The zero-order valence-electron chi connectivity index (χ0n) is 9.99. The third kappa shape index (κ3) is 3.57. The average Bonchev–Trinajstić information content (AvgIpc) is 2.16. The van der Waals surface area contributed by atoms with Crippen LogP contribution in [0.4, 0.5) is 0 Å². The number of aryl methyl sites for hydroxylation is 1. The topological polar surface area (TPSA) is 46.5 Å². The molecule has 0 atom stereocenters. The number of carbonyl (C=O) groups is 1. The molecule has 0 amide bonds. The van der Waals surface area contributed by atoms with E-state index in [0.29, 0.717) is 18.3 Å². The van der Waals surface area contributed by atoms with E-state index in [-0.39, 0.29) is 5.56 Å². The fourth-order valence-electron chi connectivity index (χ4n) is 1.33. The summed E-state index contributed by atoms with van der Waals surface area (Å²) in [5.41, 5.74) is 1.24. The summed E-state index contributed by atoms with van der Waals surface area (Å²) in [5, 5.41) is 8.99. The van der Waals surface area contributed by atoms with Gasteiger partial charge >= 0.3 is 5.97 Å². The number of hydrogen-bond donors (Lipinski definition) is 1. The van der Waals surface area contributed by atoms with Gasteiger partial charge in [-0.3, -0.25) is 0 Å². The molecule has 0 heterocycles. The van der Waals surface area contributed by atoms with Crippen molar-refractivity contribution in [3.63, 3.8) is 0 Å². The monoisotopic (exact) mass is 222 g/mol. The van der Waals surface area contributed by atoms with Crippen molar-refractivity contribution in [1.29, 1.82) is 0 Å². The molecule has 0 aliphatic heterocycles. The molecule has 88 valence electrons. The van der Waals surface area contributed by atoms with E-state index in [1.165, 1.54) is 0 Å². The first-order valence-electron chi connectivity index (χ1n) is 5.47. The fraction of sp³-hybridized carbons (Fsp3) is 0.462. The lowest BCUT2D eigenvalue weighted by molar-refractivity contribution is 0.0692. The van der Waals surface area contributed by atoms with Crippen LogP contribution in [0.25, 0.3) is 0 Å². The number of benzene rings is 1. The van der Waals surface area contributed by atoms with Crippen LogP contribution in [0.2, 0.25) is 0 Å². The third-order valence-corrected chi connectivity index (χ3v) is 2.32. The lowest BCUT2D eigenvalue weighted by atomic mass is 10.1. The van der Waals surface area contributed by atoms with Gasteiger partial charge in [0.1, 0.15) is 11.3 Å². The van der Waals surface area contributed by atoms with Crippen LogP contribution in [0, 0.1) is 12.8 Å². The van der Waals surface area contributed by atoms with Crippen LogP contribution in [-0.2, 0) is 0 Å². The van der Waals surface area contributed by atoms with Crippen molar-refractivity contribution in [3.8, 4) is 5.75 Å². The molecule has 0 radical (unpaired) electrons. The standard InChI is InChI=1S/C13H18O3/c1-9(2)6-7-16-12-8-10(3)4-5-11(12)13(14)15/h4-5,8-9H,6-7H2,1-3H3,(H,14,15). The highest BCUT2D eigenvalue weighted by atomic mass is 16.5. The Balaban J connectivity index is 2.76. The van der Waals surface area contributed by atoms with Gasteiger partial charge in [0.25, 0.3) is 0 Å². The first kappa shape index (κ1) is 12.6. The second-order valence-electron chi connectivity index (χ2n) is 4.34. The van der Waals surface area contributed by atoms with E-state index < -0.39 is 5.97 Å². The lowest BCUT2D eigenvalue weighted by Crippen LogP contribution is -2.06. The van der Waals surface area contributed by atoms with Crippen LogP contribution < -0.4 is 4.74 Å². The Bertz CT molecular complexity index is 369. The van der Waals surface area contributed by atoms with E-state index >= 15 is 0 Å². The summed E-state index contributed by atoms with van der Waals surface area (Å²) in [6.07, 6.45) is 0.924. The summed E-state index contributed by atoms with van der Waals surface area (Å²) in [4.78, 5) is 11.0. The zero-order valence-corrected chi connectivity index (χ0v) is 9.99. The fourth-order valence-corrected chi connectivity index (χ4v) is 1.33. The summed E-state index contributed by atoms with van der Waals surface area (Å²) >= 11 is 0. The molecule has 1 N–H and O–H groups in total. The van der Waals surface area contributed by atoms with Gasteiger partial charge in [-0.05, 0) is 37.0 Å². The minimum atomic E-state index is -0.945. The highest BCUT2D eigenvalue weighted by Gasteiger charge is 2.11. The van der Waals surface area contributed by atoms with Gasteiger partial charge in [-0.25, -0.2) is 4.79 Å². The number of hydrogen-bond acceptors (Lipinski definition) is 2. The van der Waals surface area contributed by atoms with E-state index in [9.17, 15) is 4.79 Å². The van der Waals surface area contributed by atoms with Crippen LogP contribution in [0.15, 0.2) is 18.2 Å². The van der Waals surface area contributed by atoms with E-state index in [4.69, 9.17) is 9.84 Å². The summed E-state index contributed by atoms with van der Waals surface area (Å²) in [6, 6.07) is 5.13. The average molecular weight is 222 g/mol. The van der Waals surface area contributed by atoms with Gasteiger partial charge in [0.05, 0.1) is 6.61 Å². The molecule has 0 unspecified atom stereocenters. The largest absolute Gasteiger partial charge is 0.493 e. The number of carboxylic acid groups (broad SMARTS) is 1. The quantitative estimate of drug-likeness (QED) is 0.832. The molecule has 16 heavy (non-hydrogen) atoms. The minimum Gasteiger partial charge on any atom is -0.493 e. The van der Waals surface area contributed by atoms with E-state index in [2.05, 4.69) is 13.8 Å². The second-order valence-corrected chi connectivity index (χ2v) is 4.34. The number of rotatable bonds is 5. The van der Waals surface area contributed by atoms with Crippen molar-refractivity contribution in [2.45, 2.75) is 27.2 Å². The first-order chi connectivity index (χ1) is 7.50. The molecule has 0 bridgehead atoms. The number of aromatic carboxylic acids is 1. The Morgan fingerprint density at radius 2 is 2.12 bits per heavy atom. The SMILES string of the molecule is Cc1ccc(C(=O)O)c(OCCC(C)C)c1. The number of carboxylic acids is 1. The summed E-state index contributed by atoms with van der Waals surface area (Å²) < 4.78 is 5.51. The van der Waals surface area contributed by atoms with Gasteiger partial charge in [0, 0.05) is 0 Å². The highest BCUT2D eigenvalue weighted by molar-refractivity contribution is 5.90. The van der Waals surface area contributed by atoms with Crippen molar-refractivity contribution >= 4 is 5.97 Å². The molecule has 0 saturated carbocycles. The molecule has 3 nitrogen and oxygen atoms in total. The van der Waals surface area contributed by atoms with Gasteiger partial charge in [-0.1, -0.05) is 19.9 Å². The molecule has 1 aromatic carbocycles. The highest BCUT2D eigenvalue weighted by Crippen LogP contribution is 2.20. The van der Waals surface area contributed by atoms with Crippen LogP contribution in [0.3, 0.4) is 0 Å². The first-order valence-corrected chi connectivity index (χ1v) is 5.47. The van der Waals surface area contributed by atoms with Crippen molar-refractivity contribution < 1.29 is 14.6 Å².